The van der Waals surface area contributed by atoms with Gasteiger partial charge in [0, 0.05) is 38.2 Å². The van der Waals surface area contributed by atoms with Crippen molar-refractivity contribution in [3.63, 3.8) is 0 Å². The van der Waals surface area contributed by atoms with Gasteiger partial charge in [0.2, 0.25) is 5.95 Å². The van der Waals surface area contributed by atoms with Gasteiger partial charge in [-0.25, -0.2) is 4.98 Å². The second kappa shape index (κ2) is 8.22. The number of hydrogen-bond acceptors (Lipinski definition) is 5. The summed E-state index contributed by atoms with van der Waals surface area (Å²) in [6.07, 6.45) is 5.35. The van der Waals surface area contributed by atoms with Crippen LogP contribution in [0.4, 0.5) is 23.1 Å². The van der Waals surface area contributed by atoms with Crippen molar-refractivity contribution in [3.8, 4) is 0 Å². The lowest BCUT2D eigenvalue weighted by Gasteiger charge is -2.13. The molecule has 1 aromatic heterocycles. The van der Waals surface area contributed by atoms with Crippen molar-refractivity contribution in [3.05, 3.63) is 36.5 Å². The van der Waals surface area contributed by atoms with Gasteiger partial charge in [0.05, 0.1) is 0 Å². The molecule has 0 aliphatic rings. The van der Waals surface area contributed by atoms with Gasteiger partial charge >= 0.3 is 0 Å². The van der Waals surface area contributed by atoms with Crippen LogP contribution in [-0.4, -0.2) is 30.6 Å². The van der Waals surface area contributed by atoms with E-state index in [1.165, 1.54) is 18.5 Å². The third-order valence-corrected chi connectivity index (χ3v) is 3.38. The molecule has 0 unspecified atom stereocenters. The number of nitrogens with one attached hydrogen (secondary N) is 2. The van der Waals surface area contributed by atoms with E-state index < -0.39 is 0 Å². The Bertz CT molecular complexity index is 566. The van der Waals surface area contributed by atoms with Crippen molar-refractivity contribution in [2.24, 2.45) is 0 Å². The fourth-order valence-electron chi connectivity index (χ4n) is 2.08. The van der Waals surface area contributed by atoms with Crippen LogP contribution in [0.1, 0.15) is 26.2 Å². The molecule has 1 aromatic carbocycles. The van der Waals surface area contributed by atoms with Crippen molar-refractivity contribution < 1.29 is 0 Å². The number of anilines is 4. The van der Waals surface area contributed by atoms with Gasteiger partial charge in [0.15, 0.2) is 0 Å². The molecule has 2 aromatic rings. The molecular formula is C17H25N5. The molecule has 1 heterocycles. The zero-order chi connectivity index (χ0) is 15.8. The molecule has 22 heavy (non-hydrogen) atoms. The summed E-state index contributed by atoms with van der Waals surface area (Å²) in [6.45, 7) is 3.11. The van der Waals surface area contributed by atoms with Crippen LogP contribution in [0.15, 0.2) is 36.5 Å². The molecule has 5 nitrogen and oxygen atoms in total. The minimum absolute atomic E-state index is 0.672. The Kier molecular flexibility index (Phi) is 6.01. The predicted molar refractivity (Wildman–Crippen MR) is 94.1 cm³/mol. The Labute approximate surface area is 132 Å². The van der Waals surface area contributed by atoms with Crippen molar-refractivity contribution in [2.75, 3.05) is 36.2 Å². The highest BCUT2D eigenvalue weighted by Gasteiger charge is 2.01. The highest BCUT2D eigenvalue weighted by molar-refractivity contribution is 5.60. The summed E-state index contributed by atoms with van der Waals surface area (Å²) in [5.74, 6) is 1.47. The maximum Gasteiger partial charge on any atom is 0.224 e. The lowest BCUT2D eigenvalue weighted by Crippen LogP contribution is -2.08. The number of aromatic nitrogens is 2. The topological polar surface area (TPSA) is 53.1 Å². The van der Waals surface area contributed by atoms with E-state index in [1.54, 1.807) is 6.20 Å². The van der Waals surface area contributed by atoms with Gasteiger partial charge < -0.3 is 15.5 Å². The standard InChI is InChI=1S/C17H25N5/c1-4-5-6-12-18-17-19-13-11-16(21-17)20-14-7-9-15(10-8-14)22(2)3/h7-11,13H,4-6,12H2,1-3H3,(H2,18,19,20,21). The SMILES string of the molecule is CCCCCNc1nccc(Nc2ccc(N(C)C)cc2)n1. The molecule has 0 fully saturated rings. The molecule has 0 atom stereocenters. The van der Waals surface area contributed by atoms with E-state index in [1.807, 2.05) is 32.3 Å². The Hall–Kier alpha value is -2.30. The molecule has 0 bridgehead atoms. The Morgan fingerprint density at radius 2 is 1.82 bits per heavy atom. The lowest BCUT2D eigenvalue weighted by molar-refractivity contribution is 0.740. The van der Waals surface area contributed by atoms with Crippen molar-refractivity contribution >= 4 is 23.1 Å². The lowest BCUT2D eigenvalue weighted by atomic mass is 10.2. The summed E-state index contributed by atoms with van der Waals surface area (Å²) in [4.78, 5) is 10.8. The molecular weight excluding hydrogens is 274 g/mol. The summed E-state index contributed by atoms with van der Waals surface area (Å²) < 4.78 is 0. The van der Waals surface area contributed by atoms with E-state index in [0.29, 0.717) is 5.95 Å². The largest absolute Gasteiger partial charge is 0.378 e. The van der Waals surface area contributed by atoms with Gasteiger partial charge in [0.25, 0.3) is 0 Å². The van der Waals surface area contributed by atoms with E-state index in [2.05, 4.69) is 44.6 Å². The summed E-state index contributed by atoms with van der Waals surface area (Å²) in [7, 11) is 4.06. The average Bonchev–Trinajstić information content (AvgIpc) is 2.52. The summed E-state index contributed by atoms with van der Waals surface area (Å²) in [6, 6.07) is 10.1. The predicted octanol–water partition coefficient (Wildman–Crippen LogP) is 3.89. The Morgan fingerprint density at radius 1 is 1.05 bits per heavy atom. The third-order valence-electron chi connectivity index (χ3n) is 3.38. The first kappa shape index (κ1) is 16.1. The van der Waals surface area contributed by atoms with Gasteiger partial charge in [-0.05, 0) is 36.8 Å². The normalized spacial score (nSPS) is 10.3. The fourth-order valence-corrected chi connectivity index (χ4v) is 2.08. The second-order valence-corrected chi connectivity index (χ2v) is 5.47. The highest BCUT2D eigenvalue weighted by Crippen LogP contribution is 2.19. The first-order valence-corrected chi connectivity index (χ1v) is 7.80. The molecule has 118 valence electrons. The molecule has 0 amide bonds. The number of nitrogens with zero attached hydrogens (tertiary/aromatic N) is 3. The second-order valence-electron chi connectivity index (χ2n) is 5.47. The van der Waals surface area contributed by atoms with Crippen LogP contribution >= 0.6 is 0 Å². The van der Waals surface area contributed by atoms with Crippen LogP contribution in [0.5, 0.6) is 0 Å². The third kappa shape index (κ3) is 4.91. The van der Waals surface area contributed by atoms with Gasteiger partial charge in [-0.15, -0.1) is 0 Å². The van der Waals surface area contributed by atoms with Gasteiger partial charge in [0.1, 0.15) is 5.82 Å². The zero-order valence-electron chi connectivity index (χ0n) is 13.6. The van der Waals surface area contributed by atoms with Crippen LogP contribution in [-0.2, 0) is 0 Å². The molecule has 2 N–H and O–H groups in total. The number of rotatable bonds is 8. The van der Waals surface area contributed by atoms with Crippen LogP contribution in [0.2, 0.25) is 0 Å². The van der Waals surface area contributed by atoms with E-state index in [0.717, 1.165) is 24.5 Å². The molecule has 0 radical (unpaired) electrons. The minimum Gasteiger partial charge on any atom is -0.378 e. The molecule has 0 saturated heterocycles. The maximum atomic E-state index is 4.48. The van der Waals surface area contributed by atoms with E-state index in [9.17, 15) is 0 Å². The van der Waals surface area contributed by atoms with Gasteiger partial charge in [-0.1, -0.05) is 19.8 Å². The molecule has 2 rings (SSSR count). The fraction of sp³-hybridized carbons (Fsp3) is 0.412. The highest BCUT2D eigenvalue weighted by atomic mass is 15.1. The quantitative estimate of drug-likeness (QED) is 0.724. The van der Waals surface area contributed by atoms with E-state index >= 15 is 0 Å². The number of hydrogen-bond donors (Lipinski definition) is 2. The number of unbranched alkanes of at least 4 members (excludes halogenated alkanes) is 2. The smallest absolute Gasteiger partial charge is 0.224 e. The molecule has 0 aliphatic heterocycles. The van der Waals surface area contributed by atoms with Gasteiger partial charge in [-0.2, -0.15) is 4.98 Å². The Morgan fingerprint density at radius 3 is 2.50 bits per heavy atom. The zero-order valence-corrected chi connectivity index (χ0v) is 13.6. The van der Waals surface area contributed by atoms with E-state index in [4.69, 9.17) is 0 Å². The van der Waals surface area contributed by atoms with Crippen LogP contribution in [0.3, 0.4) is 0 Å². The van der Waals surface area contributed by atoms with Crippen LogP contribution in [0.25, 0.3) is 0 Å². The van der Waals surface area contributed by atoms with Crippen LogP contribution < -0.4 is 15.5 Å². The summed E-state index contributed by atoms with van der Waals surface area (Å²) in [5.41, 5.74) is 2.19. The molecule has 0 spiro atoms. The first-order chi connectivity index (χ1) is 10.7. The first-order valence-electron chi connectivity index (χ1n) is 7.80. The minimum atomic E-state index is 0.672. The van der Waals surface area contributed by atoms with Crippen molar-refractivity contribution in [2.45, 2.75) is 26.2 Å². The maximum absolute atomic E-state index is 4.48. The van der Waals surface area contributed by atoms with Gasteiger partial charge in [-0.3, -0.25) is 0 Å². The Balaban J connectivity index is 1.94. The van der Waals surface area contributed by atoms with Crippen molar-refractivity contribution in [1.82, 2.24) is 9.97 Å². The number of benzene rings is 1. The summed E-state index contributed by atoms with van der Waals surface area (Å²) in [5, 5.41) is 6.56. The summed E-state index contributed by atoms with van der Waals surface area (Å²) >= 11 is 0. The van der Waals surface area contributed by atoms with Crippen LogP contribution in [0, 0.1) is 0 Å². The van der Waals surface area contributed by atoms with Crippen molar-refractivity contribution in [1.29, 1.82) is 0 Å². The molecule has 0 saturated carbocycles. The monoisotopic (exact) mass is 299 g/mol. The molecule has 5 heteroatoms. The molecule has 0 aliphatic carbocycles. The average molecular weight is 299 g/mol. The van der Waals surface area contributed by atoms with E-state index in [-0.39, 0.29) is 0 Å².